The van der Waals surface area contributed by atoms with Crippen molar-refractivity contribution in [2.45, 2.75) is 24.5 Å². The summed E-state index contributed by atoms with van der Waals surface area (Å²) in [7, 11) is 0. The number of halogens is 1. The molecule has 4 N–H and O–H groups in total. The molecule has 9 heteroatoms. The Morgan fingerprint density at radius 3 is 2.83 bits per heavy atom. The Balaban J connectivity index is 2.47. The molecule has 0 spiro atoms. The monoisotopic (exact) mass is 322 g/mol. The highest BCUT2D eigenvalue weighted by molar-refractivity contribution is 9.10. The second-order valence-electron chi connectivity index (χ2n) is 3.96. The van der Waals surface area contributed by atoms with Crippen LogP contribution in [0.25, 0.3) is 0 Å². The molecule has 8 nitrogen and oxygen atoms in total. The van der Waals surface area contributed by atoms with Gasteiger partial charge in [0.05, 0.1) is 23.6 Å². The van der Waals surface area contributed by atoms with Crippen molar-refractivity contribution in [2.75, 3.05) is 6.61 Å². The Labute approximate surface area is 109 Å². The fraction of sp³-hybridized carbons (Fsp3) is 0.556. The minimum Gasteiger partial charge on any atom is -0.394 e. The quantitative estimate of drug-likeness (QED) is 0.501. The van der Waals surface area contributed by atoms with E-state index in [-0.39, 0.29) is 10.9 Å². The molecule has 1 aliphatic heterocycles. The molecule has 1 aliphatic rings. The number of aliphatic hydroxyl groups is 3. The van der Waals surface area contributed by atoms with Crippen LogP contribution < -0.4 is 11.2 Å². The lowest BCUT2D eigenvalue weighted by atomic mass is 10.2. The summed E-state index contributed by atoms with van der Waals surface area (Å²) < 4.78 is 5.82. The van der Waals surface area contributed by atoms with Crippen LogP contribution in [-0.2, 0) is 10.6 Å². The molecule has 0 radical (unpaired) electrons. The molecule has 0 unspecified atom stereocenters. The number of aromatic amines is 1. The number of ether oxygens (including phenoxy) is 1. The second kappa shape index (κ2) is 4.59. The number of H-pyrrole nitrogens is 1. The molecule has 0 bridgehead atoms. The number of nitrogens with zero attached hydrogens (tertiary/aromatic N) is 1. The van der Waals surface area contributed by atoms with E-state index in [0.29, 0.717) is 0 Å². The maximum absolute atomic E-state index is 11.6. The van der Waals surface area contributed by atoms with E-state index >= 15 is 0 Å². The average molecular weight is 323 g/mol. The molecule has 0 saturated carbocycles. The van der Waals surface area contributed by atoms with Gasteiger partial charge in [-0.25, -0.2) is 9.36 Å². The lowest BCUT2D eigenvalue weighted by Crippen LogP contribution is -2.44. The standard InChI is InChI=1S/C9H11BrN2O6/c10-4-2-12(8(16)11-7(4)15)9(17)1-5(14)6(3-13)18-9/h2,5-6,13-14,17H,1,3H2,(H,11,15,16)/t5-,6+,9-/m0/s1. The van der Waals surface area contributed by atoms with Crippen molar-refractivity contribution in [1.82, 2.24) is 9.55 Å². The van der Waals surface area contributed by atoms with Crippen molar-refractivity contribution in [2.24, 2.45) is 0 Å². The number of hydrogen-bond acceptors (Lipinski definition) is 6. The molecule has 0 aromatic carbocycles. The maximum Gasteiger partial charge on any atom is 0.332 e. The summed E-state index contributed by atoms with van der Waals surface area (Å²) >= 11 is 2.92. The van der Waals surface area contributed by atoms with Gasteiger partial charge >= 0.3 is 5.69 Å². The van der Waals surface area contributed by atoms with Gasteiger partial charge in [0.15, 0.2) is 0 Å². The van der Waals surface area contributed by atoms with Gasteiger partial charge in [-0.3, -0.25) is 9.78 Å². The third-order valence-corrected chi connectivity index (χ3v) is 3.26. The van der Waals surface area contributed by atoms with Gasteiger partial charge in [-0.05, 0) is 15.9 Å². The Kier molecular flexibility index (Phi) is 3.43. The van der Waals surface area contributed by atoms with E-state index < -0.39 is 36.0 Å². The van der Waals surface area contributed by atoms with E-state index in [4.69, 9.17) is 9.84 Å². The van der Waals surface area contributed by atoms with Gasteiger partial charge in [0, 0.05) is 6.20 Å². The lowest BCUT2D eigenvalue weighted by molar-refractivity contribution is -0.258. The highest BCUT2D eigenvalue weighted by Crippen LogP contribution is 2.31. The van der Waals surface area contributed by atoms with Crippen molar-refractivity contribution in [3.8, 4) is 0 Å². The van der Waals surface area contributed by atoms with Crippen LogP contribution >= 0.6 is 15.9 Å². The van der Waals surface area contributed by atoms with Crippen LogP contribution in [0.5, 0.6) is 0 Å². The first-order valence-electron chi connectivity index (χ1n) is 5.08. The largest absolute Gasteiger partial charge is 0.394 e. The zero-order valence-electron chi connectivity index (χ0n) is 9.04. The average Bonchev–Trinajstić information content (AvgIpc) is 2.59. The Hall–Kier alpha value is -1.00. The molecular weight excluding hydrogens is 312 g/mol. The molecule has 0 amide bonds. The van der Waals surface area contributed by atoms with Crippen molar-refractivity contribution >= 4 is 15.9 Å². The first-order valence-corrected chi connectivity index (χ1v) is 5.88. The van der Waals surface area contributed by atoms with Crippen LogP contribution in [0, 0.1) is 0 Å². The van der Waals surface area contributed by atoms with Crippen LogP contribution in [0.4, 0.5) is 0 Å². The number of nitrogens with one attached hydrogen (secondary N) is 1. The number of hydrogen-bond donors (Lipinski definition) is 4. The van der Waals surface area contributed by atoms with E-state index in [1.165, 1.54) is 0 Å². The smallest absolute Gasteiger partial charge is 0.332 e. The van der Waals surface area contributed by atoms with E-state index in [0.717, 1.165) is 10.8 Å². The highest BCUT2D eigenvalue weighted by Gasteiger charge is 2.46. The van der Waals surface area contributed by atoms with Crippen molar-refractivity contribution in [1.29, 1.82) is 0 Å². The van der Waals surface area contributed by atoms with Crippen molar-refractivity contribution in [3.63, 3.8) is 0 Å². The van der Waals surface area contributed by atoms with Crippen LogP contribution in [0.15, 0.2) is 20.3 Å². The zero-order chi connectivity index (χ0) is 13.5. The normalized spacial score (nSPS) is 31.8. The molecule has 1 fully saturated rings. The summed E-state index contributed by atoms with van der Waals surface area (Å²) in [4.78, 5) is 24.7. The third kappa shape index (κ3) is 2.15. The van der Waals surface area contributed by atoms with Crippen molar-refractivity contribution in [3.05, 3.63) is 31.5 Å². The molecule has 1 aromatic heterocycles. The Morgan fingerprint density at radius 2 is 2.28 bits per heavy atom. The van der Waals surface area contributed by atoms with E-state index in [2.05, 4.69) is 15.9 Å². The zero-order valence-corrected chi connectivity index (χ0v) is 10.6. The fourth-order valence-corrected chi connectivity index (χ4v) is 2.10. The predicted octanol–water partition coefficient (Wildman–Crippen LogP) is -1.96. The van der Waals surface area contributed by atoms with Gasteiger partial charge in [-0.15, -0.1) is 0 Å². The van der Waals surface area contributed by atoms with Crippen LogP contribution in [0.3, 0.4) is 0 Å². The number of aliphatic hydroxyl groups excluding tert-OH is 2. The van der Waals surface area contributed by atoms with Gasteiger partial charge < -0.3 is 20.1 Å². The van der Waals surface area contributed by atoms with Crippen LogP contribution in [0.1, 0.15) is 6.42 Å². The van der Waals surface area contributed by atoms with E-state index in [1.54, 1.807) is 0 Å². The van der Waals surface area contributed by atoms with Crippen LogP contribution in [-0.4, -0.2) is 43.7 Å². The van der Waals surface area contributed by atoms with E-state index in [9.17, 15) is 19.8 Å². The molecular formula is C9H11BrN2O6. The minimum atomic E-state index is -2.10. The van der Waals surface area contributed by atoms with Gasteiger partial charge in [0.2, 0.25) is 0 Å². The molecule has 1 aromatic rings. The fourth-order valence-electron chi connectivity index (χ4n) is 1.79. The highest BCUT2D eigenvalue weighted by atomic mass is 79.9. The summed E-state index contributed by atoms with van der Waals surface area (Å²) in [5, 5.41) is 28.6. The number of aromatic nitrogens is 2. The summed E-state index contributed by atoms with van der Waals surface area (Å²) in [5.41, 5.74) is -1.52. The van der Waals surface area contributed by atoms with Gasteiger partial charge in [0.25, 0.3) is 11.5 Å². The third-order valence-electron chi connectivity index (χ3n) is 2.70. The molecule has 100 valence electrons. The number of rotatable bonds is 2. The SMILES string of the molecule is O=c1[nH]c(=O)n([C@]2(O)C[C@H](O)[C@@H](CO)O2)cc1Br. The summed E-state index contributed by atoms with van der Waals surface area (Å²) in [6.07, 6.45) is -1.34. The predicted molar refractivity (Wildman–Crippen MR) is 61.8 cm³/mol. The summed E-state index contributed by atoms with van der Waals surface area (Å²) in [6, 6.07) is 0. The van der Waals surface area contributed by atoms with E-state index in [1.807, 2.05) is 4.98 Å². The van der Waals surface area contributed by atoms with Gasteiger partial charge in [-0.1, -0.05) is 0 Å². The second-order valence-corrected chi connectivity index (χ2v) is 4.81. The van der Waals surface area contributed by atoms with Crippen molar-refractivity contribution < 1.29 is 20.1 Å². The molecule has 2 rings (SSSR count). The Bertz CT molecular complexity index is 569. The maximum atomic E-state index is 11.6. The van der Waals surface area contributed by atoms with Gasteiger partial charge in [0.1, 0.15) is 6.10 Å². The molecule has 0 aliphatic carbocycles. The first-order chi connectivity index (χ1) is 8.37. The minimum absolute atomic E-state index is 0.0288. The first kappa shape index (κ1) is 13.4. The summed E-state index contributed by atoms with van der Waals surface area (Å²) in [6.45, 7) is -0.497. The lowest BCUT2D eigenvalue weighted by Gasteiger charge is -2.24. The topological polar surface area (TPSA) is 125 Å². The Morgan fingerprint density at radius 1 is 1.61 bits per heavy atom. The molecule has 2 heterocycles. The molecule has 1 saturated heterocycles. The molecule has 3 atom stereocenters. The van der Waals surface area contributed by atoms with Crippen LogP contribution in [0.2, 0.25) is 0 Å². The van der Waals surface area contributed by atoms with Gasteiger partial charge in [-0.2, -0.15) is 0 Å². The molecule has 18 heavy (non-hydrogen) atoms. The summed E-state index contributed by atoms with van der Waals surface area (Å²) in [5.74, 6) is -2.10.